The van der Waals surface area contributed by atoms with Crippen molar-refractivity contribution in [1.82, 2.24) is 5.43 Å². The number of nitrogens with zero attached hydrogens (tertiary/aromatic N) is 2. The van der Waals surface area contributed by atoms with Crippen LogP contribution in [0.3, 0.4) is 0 Å². The van der Waals surface area contributed by atoms with Gasteiger partial charge in [-0.1, -0.05) is 17.7 Å². The SMILES string of the molecule is Cc1c(Cl)cccc1N(CC(=O)NN=C1CCCC1)S(C)(=O)=O. The number of hydrazone groups is 1. The molecule has 2 rings (SSSR count). The van der Waals surface area contributed by atoms with E-state index in [1.54, 1.807) is 25.1 Å². The lowest BCUT2D eigenvalue weighted by atomic mass is 10.2. The van der Waals surface area contributed by atoms with Gasteiger partial charge in [-0.15, -0.1) is 0 Å². The van der Waals surface area contributed by atoms with E-state index in [-0.39, 0.29) is 6.54 Å². The fourth-order valence-electron chi connectivity index (χ4n) is 2.45. The van der Waals surface area contributed by atoms with Crippen LogP contribution in [0, 0.1) is 6.92 Å². The number of rotatable bonds is 5. The van der Waals surface area contributed by atoms with E-state index in [2.05, 4.69) is 10.5 Å². The first-order chi connectivity index (χ1) is 10.8. The maximum Gasteiger partial charge on any atom is 0.260 e. The standard InChI is InChI=1S/C15H20ClN3O3S/c1-11-13(16)8-5-9-14(11)19(23(2,21)22)10-15(20)18-17-12-6-3-4-7-12/h5,8-9H,3-4,6-7,10H2,1-2H3,(H,18,20). The Morgan fingerprint density at radius 1 is 1.35 bits per heavy atom. The molecule has 0 spiro atoms. The summed E-state index contributed by atoms with van der Waals surface area (Å²) >= 11 is 6.05. The third kappa shape index (κ3) is 4.68. The number of carbonyl (C=O) groups excluding carboxylic acids is 1. The zero-order valence-corrected chi connectivity index (χ0v) is 14.7. The van der Waals surface area contributed by atoms with Crippen LogP contribution in [0.5, 0.6) is 0 Å². The summed E-state index contributed by atoms with van der Waals surface area (Å²) < 4.78 is 25.2. The summed E-state index contributed by atoms with van der Waals surface area (Å²) in [7, 11) is -3.62. The molecule has 6 nitrogen and oxygen atoms in total. The second-order valence-electron chi connectivity index (χ2n) is 5.57. The lowest BCUT2D eigenvalue weighted by molar-refractivity contribution is -0.119. The molecular weight excluding hydrogens is 338 g/mol. The zero-order valence-electron chi connectivity index (χ0n) is 13.2. The van der Waals surface area contributed by atoms with Crippen molar-refractivity contribution in [3.8, 4) is 0 Å². The van der Waals surface area contributed by atoms with Crippen LogP contribution in [0.4, 0.5) is 5.69 Å². The van der Waals surface area contributed by atoms with Gasteiger partial charge in [0, 0.05) is 10.7 Å². The lowest BCUT2D eigenvalue weighted by Crippen LogP contribution is -2.39. The van der Waals surface area contributed by atoms with E-state index in [0.29, 0.717) is 16.3 Å². The van der Waals surface area contributed by atoms with Crippen LogP contribution >= 0.6 is 11.6 Å². The van der Waals surface area contributed by atoms with Crippen LogP contribution in [0.1, 0.15) is 31.2 Å². The molecule has 1 aromatic rings. The molecule has 0 aromatic heterocycles. The first-order valence-electron chi connectivity index (χ1n) is 7.36. The molecule has 1 aliphatic rings. The van der Waals surface area contributed by atoms with Gasteiger partial charge in [-0.25, -0.2) is 13.8 Å². The van der Waals surface area contributed by atoms with Crippen molar-refractivity contribution in [1.29, 1.82) is 0 Å². The van der Waals surface area contributed by atoms with Crippen LogP contribution in [0.2, 0.25) is 5.02 Å². The van der Waals surface area contributed by atoms with Gasteiger partial charge in [0.1, 0.15) is 6.54 Å². The highest BCUT2D eigenvalue weighted by Crippen LogP contribution is 2.27. The number of halogens is 1. The summed E-state index contributed by atoms with van der Waals surface area (Å²) in [5.74, 6) is -0.478. The van der Waals surface area contributed by atoms with Gasteiger partial charge in [0.2, 0.25) is 10.0 Å². The van der Waals surface area contributed by atoms with E-state index in [0.717, 1.165) is 42.0 Å². The third-order valence-corrected chi connectivity index (χ3v) is 5.25. The van der Waals surface area contributed by atoms with Crippen LogP contribution in [-0.2, 0) is 14.8 Å². The Labute approximate surface area is 141 Å². The minimum absolute atomic E-state index is 0.337. The van der Waals surface area contributed by atoms with Crippen LogP contribution in [0.15, 0.2) is 23.3 Å². The highest BCUT2D eigenvalue weighted by molar-refractivity contribution is 7.92. The Hall–Kier alpha value is -1.60. The molecule has 8 heteroatoms. The second kappa shape index (κ2) is 7.31. The number of anilines is 1. The Morgan fingerprint density at radius 3 is 2.61 bits per heavy atom. The van der Waals surface area contributed by atoms with Crippen LogP contribution < -0.4 is 9.73 Å². The second-order valence-corrected chi connectivity index (χ2v) is 7.89. The summed E-state index contributed by atoms with van der Waals surface area (Å²) in [4.78, 5) is 12.1. The lowest BCUT2D eigenvalue weighted by Gasteiger charge is -2.23. The molecule has 23 heavy (non-hydrogen) atoms. The average Bonchev–Trinajstić information content (AvgIpc) is 2.98. The number of hydrogen-bond donors (Lipinski definition) is 1. The maximum atomic E-state index is 12.1. The number of amides is 1. The normalized spacial score (nSPS) is 14.7. The van der Waals surface area contributed by atoms with Crippen LogP contribution in [0.25, 0.3) is 0 Å². The molecule has 1 fully saturated rings. The quantitative estimate of drug-likeness (QED) is 0.822. The van der Waals surface area contributed by atoms with Gasteiger partial charge < -0.3 is 0 Å². The Balaban J connectivity index is 2.18. The molecule has 0 aliphatic heterocycles. The average molecular weight is 358 g/mol. The molecule has 0 heterocycles. The van der Waals surface area contributed by atoms with E-state index >= 15 is 0 Å². The first kappa shape index (κ1) is 17.7. The van der Waals surface area contributed by atoms with E-state index < -0.39 is 15.9 Å². The zero-order chi connectivity index (χ0) is 17.0. The van der Waals surface area contributed by atoms with E-state index in [1.807, 2.05) is 0 Å². The topological polar surface area (TPSA) is 78.8 Å². The van der Waals surface area contributed by atoms with Crippen molar-refractivity contribution in [2.45, 2.75) is 32.6 Å². The van der Waals surface area contributed by atoms with Crippen molar-refractivity contribution in [2.75, 3.05) is 17.1 Å². The Morgan fingerprint density at radius 2 is 2.00 bits per heavy atom. The summed E-state index contributed by atoms with van der Waals surface area (Å²) in [5, 5.41) is 4.51. The van der Waals surface area contributed by atoms with Gasteiger partial charge >= 0.3 is 0 Å². The fourth-order valence-corrected chi connectivity index (χ4v) is 3.53. The van der Waals surface area contributed by atoms with Gasteiger partial charge in [0.25, 0.3) is 5.91 Å². The van der Waals surface area contributed by atoms with Crippen molar-refractivity contribution in [3.05, 3.63) is 28.8 Å². The molecule has 1 saturated carbocycles. The van der Waals surface area contributed by atoms with Gasteiger partial charge in [-0.2, -0.15) is 5.10 Å². The molecule has 126 valence electrons. The van der Waals surface area contributed by atoms with Crippen molar-refractivity contribution < 1.29 is 13.2 Å². The molecule has 0 bridgehead atoms. The smallest absolute Gasteiger partial charge is 0.260 e. The van der Waals surface area contributed by atoms with Gasteiger partial charge in [0.05, 0.1) is 11.9 Å². The number of sulfonamides is 1. The van der Waals surface area contributed by atoms with E-state index in [9.17, 15) is 13.2 Å². The van der Waals surface area contributed by atoms with Crippen molar-refractivity contribution >= 4 is 38.9 Å². The number of hydrogen-bond acceptors (Lipinski definition) is 4. The molecule has 0 unspecified atom stereocenters. The summed E-state index contributed by atoms with van der Waals surface area (Å²) in [6.45, 7) is 1.38. The number of carbonyl (C=O) groups is 1. The number of benzene rings is 1. The molecular formula is C15H20ClN3O3S. The highest BCUT2D eigenvalue weighted by Gasteiger charge is 2.23. The van der Waals surface area contributed by atoms with Crippen molar-refractivity contribution in [3.63, 3.8) is 0 Å². The van der Waals surface area contributed by atoms with Crippen molar-refractivity contribution in [2.24, 2.45) is 5.10 Å². The minimum atomic E-state index is -3.62. The summed E-state index contributed by atoms with van der Waals surface area (Å²) in [6.07, 6.45) is 4.97. The van der Waals surface area contributed by atoms with E-state index in [4.69, 9.17) is 11.6 Å². The third-order valence-electron chi connectivity index (χ3n) is 3.71. The largest absolute Gasteiger partial charge is 0.271 e. The van der Waals surface area contributed by atoms with Crippen LogP contribution in [-0.4, -0.2) is 32.8 Å². The minimum Gasteiger partial charge on any atom is -0.271 e. The molecule has 0 radical (unpaired) electrons. The molecule has 0 atom stereocenters. The maximum absolute atomic E-state index is 12.1. The highest BCUT2D eigenvalue weighted by atomic mass is 35.5. The molecule has 0 saturated heterocycles. The Bertz CT molecular complexity index is 723. The predicted octanol–water partition coefficient (Wildman–Crippen LogP) is 2.46. The summed E-state index contributed by atoms with van der Waals surface area (Å²) in [6, 6.07) is 4.95. The molecule has 1 aromatic carbocycles. The monoisotopic (exact) mass is 357 g/mol. The first-order valence-corrected chi connectivity index (χ1v) is 9.59. The van der Waals surface area contributed by atoms with Gasteiger partial charge in [-0.3, -0.25) is 9.10 Å². The van der Waals surface area contributed by atoms with Gasteiger partial charge in [0.15, 0.2) is 0 Å². The van der Waals surface area contributed by atoms with E-state index in [1.165, 1.54) is 0 Å². The number of nitrogens with one attached hydrogen (secondary N) is 1. The molecule has 1 N–H and O–H groups in total. The molecule has 1 amide bonds. The van der Waals surface area contributed by atoms with Gasteiger partial charge in [-0.05, 0) is 50.3 Å². The predicted molar refractivity (Wildman–Crippen MR) is 92.4 cm³/mol. The summed E-state index contributed by atoms with van der Waals surface area (Å²) in [5.41, 5.74) is 4.39. The fraction of sp³-hybridized carbons (Fsp3) is 0.467. The molecule has 1 aliphatic carbocycles. The Kier molecular flexibility index (Phi) is 5.64.